The summed E-state index contributed by atoms with van der Waals surface area (Å²) in [6.07, 6.45) is 71.8. The molecule has 0 saturated heterocycles. The minimum atomic E-state index is -0.874. The van der Waals surface area contributed by atoms with E-state index in [0.29, 0.717) is 6.42 Å². The molecule has 342 valence electrons. The van der Waals surface area contributed by atoms with Crippen molar-refractivity contribution in [2.75, 3.05) is 6.61 Å². The standard InChI is InChI=1S/C55H99NO3/c1-3-5-7-9-11-13-15-17-19-21-23-25-26-27-28-29-30-31-33-35-37-39-41-43-45-47-49-51-55(59)56-53(52-57)54(58)50-48-46-44-42-40-38-36-34-32-24-22-20-18-16-14-12-10-8-6-4-2/h15,17,21,23,26-27,32,34,40,42,48,50,53-54,57-58H,3-14,16,18-20,22,24-25,28-31,33,35-39,41,43-47,49,51-52H2,1-2H3,(H,56,59)/b17-15-,23-21-,27-26-,34-32+,42-40+,50-48+. The van der Waals surface area contributed by atoms with Crippen molar-refractivity contribution in [1.82, 2.24) is 5.32 Å². The molecule has 0 aliphatic carbocycles. The highest BCUT2D eigenvalue weighted by atomic mass is 16.3. The van der Waals surface area contributed by atoms with Gasteiger partial charge < -0.3 is 15.5 Å². The lowest BCUT2D eigenvalue weighted by Crippen LogP contribution is -2.45. The van der Waals surface area contributed by atoms with Crippen molar-refractivity contribution in [1.29, 1.82) is 0 Å². The Hall–Kier alpha value is -2.17. The average Bonchev–Trinajstić information content (AvgIpc) is 3.24. The van der Waals surface area contributed by atoms with Crippen molar-refractivity contribution in [3.05, 3.63) is 72.9 Å². The monoisotopic (exact) mass is 822 g/mol. The van der Waals surface area contributed by atoms with E-state index in [2.05, 4.69) is 79.9 Å². The van der Waals surface area contributed by atoms with Crippen LogP contribution in [0.1, 0.15) is 251 Å². The summed E-state index contributed by atoms with van der Waals surface area (Å²) < 4.78 is 0. The van der Waals surface area contributed by atoms with Crippen LogP contribution in [0.2, 0.25) is 0 Å². The lowest BCUT2D eigenvalue weighted by molar-refractivity contribution is -0.123. The highest BCUT2D eigenvalue weighted by Crippen LogP contribution is 2.15. The van der Waals surface area contributed by atoms with Crippen molar-refractivity contribution in [2.24, 2.45) is 0 Å². The van der Waals surface area contributed by atoms with Crippen molar-refractivity contribution in [3.8, 4) is 0 Å². The largest absolute Gasteiger partial charge is 0.394 e. The molecule has 59 heavy (non-hydrogen) atoms. The van der Waals surface area contributed by atoms with Crippen molar-refractivity contribution in [2.45, 2.75) is 264 Å². The normalized spacial score (nSPS) is 13.5. The summed E-state index contributed by atoms with van der Waals surface area (Å²) in [6, 6.07) is -0.650. The molecule has 0 radical (unpaired) electrons. The van der Waals surface area contributed by atoms with E-state index in [1.807, 2.05) is 6.08 Å². The molecule has 4 heteroatoms. The molecule has 0 heterocycles. The third-order valence-electron chi connectivity index (χ3n) is 11.4. The maximum absolute atomic E-state index is 12.4. The molecule has 4 nitrogen and oxygen atoms in total. The third-order valence-corrected chi connectivity index (χ3v) is 11.4. The van der Waals surface area contributed by atoms with Gasteiger partial charge in [-0.2, -0.15) is 0 Å². The van der Waals surface area contributed by atoms with Crippen LogP contribution in [-0.4, -0.2) is 34.9 Å². The van der Waals surface area contributed by atoms with Gasteiger partial charge in [-0.25, -0.2) is 0 Å². The van der Waals surface area contributed by atoms with E-state index in [9.17, 15) is 15.0 Å². The molecule has 1 amide bonds. The summed E-state index contributed by atoms with van der Waals surface area (Å²) in [5.41, 5.74) is 0. The van der Waals surface area contributed by atoms with Gasteiger partial charge in [-0.1, -0.05) is 234 Å². The van der Waals surface area contributed by atoms with Crippen LogP contribution in [0.3, 0.4) is 0 Å². The maximum Gasteiger partial charge on any atom is 0.220 e. The maximum atomic E-state index is 12.4. The first-order valence-electron chi connectivity index (χ1n) is 25.7. The summed E-state index contributed by atoms with van der Waals surface area (Å²) in [6.45, 7) is 4.29. The Morgan fingerprint density at radius 3 is 1.10 bits per heavy atom. The number of nitrogens with one attached hydrogen (secondary N) is 1. The van der Waals surface area contributed by atoms with Gasteiger partial charge in [0.25, 0.3) is 0 Å². The van der Waals surface area contributed by atoms with Crippen LogP contribution < -0.4 is 5.32 Å². The summed E-state index contributed by atoms with van der Waals surface area (Å²) in [4.78, 5) is 12.4. The van der Waals surface area contributed by atoms with E-state index >= 15 is 0 Å². The second-order valence-electron chi connectivity index (χ2n) is 17.2. The van der Waals surface area contributed by atoms with E-state index in [0.717, 1.165) is 51.4 Å². The number of amides is 1. The van der Waals surface area contributed by atoms with Crippen LogP contribution in [0.15, 0.2) is 72.9 Å². The number of rotatable bonds is 46. The first-order chi connectivity index (χ1) is 29.2. The zero-order valence-corrected chi connectivity index (χ0v) is 39.3. The molecular formula is C55H99NO3. The molecule has 0 bridgehead atoms. The summed E-state index contributed by atoms with van der Waals surface area (Å²) in [5, 5.41) is 23.1. The van der Waals surface area contributed by atoms with Gasteiger partial charge in [0.15, 0.2) is 0 Å². The third kappa shape index (κ3) is 46.7. The molecule has 2 atom stereocenters. The van der Waals surface area contributed by atoms with Crippen LogP contribution >= 0.6 is 0 Å². The Kier molecular flexibility index (Phi) is 48.3. The summed E-state index contributed by atoms with van der Waals surface area (Å²) >= 11 is 0. The van der Waals surface area contributed by atoms with Crippen molar-refractivity contribution in [3.63, 3.8) is 0 Å². The zero-order valence-electron chi connectivity index (χ0n) is 39.3. The van der Waals surface area contributed by atoms with E-state index < -0.39 is 12.1 Å². The second-order valence-corrected chi connectivity index (χ2v) is 17.2. The minimum absolute atomic E-state index is 0.0809. The van der Waals surface area contributed by atoms with E-state index in [4.69, 9.17) is 0 Å². The Balaban J connectivity index is 3.60. The topological polar surface area (TPSA) is 69.6 Å². The molecule has 3 N–H and O–H groups in total. The molecule has 0 fully saturated rings. The molecule has 0 aliphatic heterocycles. The van der Waals surface area contributed by atoms with Gasteiger partial charge in [0.1, 0.15) is 0 Å². The fourth-order valence-corrected chi connectivity index (χ4v) is 7.45. The smallest absolute Gasteiger partial charge is 0.220 e. The highest BCUT2D eigenvalue weighted by molar-refractivity contribution is 5.76. The summed E-state index contributed by atoms with van der Waals surface area (Å²) in [7, 11) is 0. The molecule has 0 aromatic heterocycles. The molecule has 0 saturated carbocycles. The van der Waals surface area contributed by atoms with Crippen molar-refractivity contribution < 1.29 is 15.0 Å². The molecule has 0 rings (SSSR count). The number of hydrogen-bond donors (Lipinski definition) is 3. The SMILES string of the molecule is CCCCCCC/C=C\C/C=C\C/C=C\CCCCCCCCCCCCCCC(=O)NC(CO)C(O)/C=C/CC/C=C/CC/C=C/CCCCCCCCCCCC. The minimum Gasteiger partial charge on any atom is -0.394 e. The first-order valence-corrected chi connectivity index (χ1v) is 25.7. The second kappa shape index (κ2) is 50.2. The van der Waals surface area contributed by atoms with Gasteiger partial charge in [-0.05, 0) is 83.5 Å². The van der Waals surface area contributed by atoms with Crippen molar-refractivity contribution >= 4 is 5.91 Å². The van der Waals surface area contributed by atoms with Crippen LogP contribution in [0.4, 0.5) is 0 Å². The molecule has 0 aliphatic rings. The summed E-state index contributed by atoms with van der Waals surface area (Å²) in [5.74, 6) is -0.0809. The van der Waals surface area contributed by atoms with Crippen LogP contribution in [0.5, 0.6) is 0 Å². The number of carbonyl (C=O) groups is 1. The molecular weight excluding hydrogens is 723 g/mol. The van der Waals surface area contributed by atoms with Gasteiger partial charge in [0, 0.05) is 6.42 Å². The Bertz CT molecular complexity index is 1020. The Labute approximate surface area is 368 Å². The fraction of sp³-hybridized carbons (Fsp3) is 0.764. The zero-order chi connectivity index (χ0) is 42.8. The fourth-order valence-electron chi connectivity index (χ4n) is 7.45. The van der Waals surface area contributed by atoms with Gasteiger partial charge >= 0.3 is 0 Å². The predicted molar refractivity (Wildman–Crippen MR) is 262 cm³/mol. The Morgan fingerprint density at radius 2 is 0.712 bits per heavy atom. The van der Waals surface area contributed by atoms with Gasteiger partial charge in [0.2, 0.25) is 5.91 Å². The van der Waals surface area contributed by atoms with Crippen LogP contribution in [0.25, 0.3) is 0 Å². The number of unbranched alkanes of at least 4 members (excludes halogenated alkanes) is 29. The Morgan fingerprint density at radius 1 is 0.407 bits per heavy atom. The van der Waals surface area contributed by atoms with E-state index in [-0.39, 0.29) is 12.5 Å². The number of aliphatic hydroxyl groups excluding tert-OH is 2. The van der Waals surface area contributed by atoms with Gasteiger partial charge in [0.05, 0.1) is 18.8 Å². The number of hydrogen-bond acceptors (Lipinski definition) is 3. The molecule has 0 spiro atoms. The number of aliphatic hydroxyl groups is 2. The van der Waals surface area contributed by atoms with Crippen LogP contribution in [0, 0.1) is 0 Å². The van der Waals surface area contributed by atoms with E-state index in [1.165, 1.54) is 180 Å². The van der Waals surface area contributed by atoms with Gasteiger partial charge in [-0.3, -0.25) is 4.79 Å². The van der Waals surface area contributed by atoms with E-state index in [1.54, 1.807) is 6.08 Å². The average molecular weight is 822 g/mol. The lowest BCUT2D eigenvalue weighted by atomic mass is 10.0. The highest BCUT2D eigenvalue weighted by Gasteiger charge is 2.17. The van der Waals surface area contributed by atoms with Crippen LogP contribution in [-0.2, 0) is 4.79 Å². The quantitative estimate of drug-likeness (QED) is 0.0423. The predicted octanol–water partition coefficient (Wildman–Crippen LogP) is 16.6. The molecule has 0 aromatic rings. The number of carbonyl (C=O) groups excluding carboxylic acids is 1. The lowest BCUT2D eigenvalue weighted by Gasteiger charge is -2.19. The number of allylic oxidation sites excluding steroid dienone is 11. The molecule has 0 aromatic carbocycles. The molecule has 2 unspecified atom stereocenters. The van der Waals surface area contributed by atoms with Gasteiger partial charge in [-0.15, -0.1) is 0 Å². The first kappa shape index (κ1) is 56.8.